The van der Waals surface area contributed by atoms with Gasteiger partial charge in [-0.05, 0) is 50.1 Å². The second-order valence-corrected chi connectivity index (χ2v) is 8.19. The number of hydrogen-bond donors (Lipinski definition) is 1. The molecule has 3 aromatic rings. The number of rotatable bonds is 4. The molecule has 1 N–H and O–H groups in total. The average molecular weight is 411 g/mol. The summed E-state index contributed by atoms with van der Waals surface area (Å²) in [7, 11) is 0. The quantitative estimate of drug-likeness (QED) is 0.679. The van der Waals surface area contributed by atoms with Crippen molar-refractivity contribution in [1.82, 2.24) is 9.88 Å². The van der Waals surface area contributed by atoms with Crippen LogP contribution in [0.15, 0.2) is 36.4 Å². The Balaban J connectivity index is 1.41. The Bertz CT molecular complexity index is 1020. The lowest BCUT2D eigenvalue weighted by atomic mass is 10.1. The van der Waals surface area contributed by atoms with Crippen LogP contribution in [0.2, 0.25) is 0 Å². The van der Waals surface area contributed by atoms with Crippen LogP contribution in [0.25, 0.3) is 10.2 Å². The number of fused-ring (bicyclic) bond motifs is 1. The van der Waals surface area contributed by atoms with Crippen LogP contribution in [0.3, 0.4) is 0 Å². The van der Waals surface area contributed by atoms with E-state index < -0.39 is 0 Å². The third-order valence-corrected chi connectivity index (χ3v) is 6.42. The number of aromatic nitrogens is 1. The molecule has 0 atom stereocenters. The first-order valence-electron chi connectivity index (χ1n) is 9.96. The molecule has 1 saturated heterocycles. The highest BCUT2D eigenvalue weighted by Gasteiger charge is 2.24. The molecule has 0 aliphatic carbocycles. The number of carbonyl (C=O) groups excluding carboxylic acids is 1. The second-order valence-electron chi connectivity index (χ2n) is 7.18. The highest BCUT2D eigenvalue weighted by Crippen LogP contribution is 2.32. The number of piperazine rings is 1. The van der Waals surface area contributed by atoms with Gasteiger partial charge in [-0.15, -0.1) is 0 Å². The van der Waals surface area contributed by atoms with Gasteiger partial charge in [-0.2, -0.15) is 0 Å². The number of ether oxygens (including phenoxy) is 1. The molecule has 0 radical (unpaired) electrons. The number of hydrogen-bond acceptors (Lipinski definition) is 5. The van der Waals surface area contributed by atoms with Crippen molar-refractivity contribution in [1.29, 1.82) is 0 Å². The van der Waals surface area contributed by atoms with Gasteiger partial charge in [-0.3, -0.25) is 0 Å². The summed E-state index contributed by atoms with van der Waals surface area (Å²) in [5.41, 5.74) is 4.32. The molecule has 1 fully saturated rings. The summed E-state index contributed by atoms with van der Waals surface area (Å²) in [4.78, 5) is 21.7. The summed E-state index contributed by atoms with van der Waals surface area (Å²) in [6, 6.07) is 11.7. The minimum atomic E-state index is -0.0902. The van der Waals surface area contributed by atoms with Crippen LogP contribution in [0.4, 0.5) is 15.6 Å². The molecule has 0 bridgehead atoms. The number of nitrogens with zero attached hydrogens (tertiary/aromatic N) is 3. The Hall–Kier alpha value is -2.80. The smallest absolute Gasteiger partial charge is 0.322 e. The molecule has 0 spiro atoms. The van der Waals surface area contributed by atoms with E-state index in [2.05, 4.69) is 36.2 Å². The van der Waals surface area contributed by atoms with Crippen LogP contribution >= 0.6 is 11.3 Å². The molecule has 7 heteroatoms. The number of thiazole rings is 1. The summed E-state index contributed by atoms with van der Waals surface area (Å²) in [6.45, 7) is 9.62. The molecule has 0 saturated carbocycles. The van der Waals surface area contributed by atoms with E-state index in [1.54, 1.807) is 11.3 Å². The van der Waals surface area contributed by atoms with Crippen LogP contribution in [0.5, 0.6) is 5.75 Å². The van der Waals surface area contributed by atoms with Gasteiger partial charge >= 0.3 is 6.03 Å². The summed E-state index contributed by atoms with van der Waals surface area (Å²) in [6.07, 6.45) is 0. The first-order valence-corrected chi connectivity index (χ1v) is 10.8. The lowest BCUT2D eigenvalue weighted by Gasteiger charge is -2.34. The topological polar surface area (TPSA) is 57.7 Å². The van der Waals surface area contributed by atoms with Gasteiger partial charge in [-0.1, -0.05) is 29.5 Å². The second kappa shape index (κ2) is 8.29. The first-order chi connectivity index (χ1) is 14.1. The van der Waals surface area contributed by atoms with Gasteiger partial charge in [0, 0.05) is 26.2 Å². The number of anilines is 2. The van der Waals surface area contributed by atoms with E-state index in [-0.39, 0.29) is 6.03 Å². The summed E-state index contributed by atoms with van der Waals surface area (Å²) >= 11 is 1.73. The van der Waals surface area contributed by atoms with Gasteiger partial charge in [0.2, 0.25) is 0 Å². The Labute approximate surface area is 175 Å². The largest absolute Gasteiger partial charge is 0.492 e. The number of benzene rings is 2. The third kappa shape index (κ3) is 4.00. The van der Waals surface area contributed by atoms with Crippen LogP contribution in [-0.4, -0.2) is 48.7 Å². The van der Waals surface area contributed by atoms with E-state index in [1.807, 2.05) is 36.1 Å². The van der Waals surface area contributed by atoms with Gasteiger partial charge in [0.25, 0.3) is 0 Å². The monoisotopic (exact) mass is 410 g/mol. The van der Waals surface area contributed by atoms with Crippen molar-refractivity contribution in [3.63, 3.8) is 0 Å². The maximum Gasteiger partial charge on any atom is 0.322 e. The molecule has 2 amide bonds. The SMILES string of the molecule is CCOc1ccccc1NC(=O)N1CCN(c2nc3c(C)c(C)ccc3s2)CC1. The van der Waals surface area contributed by atoms with E-state index in [0.29, 0.717) is 31.1 Å². The minimum absolute atomic E-state index is 0.0902. The fraction of sp³-hybridized carbons (Fsp3) is 0.364. The van der Waals surface area contributed by atoms with Crippen molar-refractivity contribution in [2.45, 2.75) is 20.8 Å². The molecule has 2 heterocycles. The highest BCUT2D eigenvalue weighted by molar-refractivity contribution is 7.22. The maximum atomic E-state index is 12.7. The zero-order valence-corrected chi connectivity index (χ0v) is 17.9. The molecular formula is C22H26N4O2S. The van der Waals surface area contributed by atoms with Gasteiger partial charge in [0.05, 0.1) is 22.5 Å². The Morgan fingerprint density at radius 2 is 1.90 bits per heavy atom. The van der Waals surface area contributed by atoms with Crippen molar-refractivity contribution in [2.24, 2.45) is 0 Å². The fourth-order valence-corrected chi connectivity index (χ4v) is 4.57. The average Bonchev–Trinajstić information content (AvgIpc) is 3.18. The van der Waals surface area contributed by atoms with E-state index in [0.717, 1.165) is 23.7 Å². The van der Waals surface area contributed by atoms with Crippen LogP contribution in [-0.2, 0) is 0 Å². The molecule has 1 aliphatic heterocycles. The van der Waals surface area contributed by atoms with Crippen molar-refractivity contribution in [3.8, 4) is 5.75 Å². The van der Waals surface area contributed by atoms with Gasteiger partial charge in [0.1, 0.15) is 5.75 Å². The zero-order valence-electron chi connectivity index (χ0n) is 17.1. The van der Waals surface area contributed by atoms with Crippen molar-refractivity contribution >= 4 is 38.4 Å². The minimum Gasteiger partial charge on any atom is -0.492 e. The van der Waals surface area contributed by atoms with E-state index in [9.17, 15) is 4.79 Å². The molecule has 2 aromatic carbocycles. The van der Waals surface area contributed by atoms with Crippen LogP contribution in [0, 0.1) is 13.8 Å². The number of carbonyl (C=O) groups is 1. The predicted octanol–water partition coefficient (Wildman–Crippen LogP) is 4.67. The Morgan fingerprint density at radius 1 is 1.14 bits per heavy atom. The molecule has 1 aliphatic rings. The number of para-hydroxylation sites is 2. The number of nitrogens with one attached hydrogen (secondary N) is 1. The number of urea groups is 1. The fourth-order valence-electron chi connectivity index (χ4n) is 3.50. The highest BCUT2D eigenvalue weighted by atomic mass is 32.1. The van der Waals surface area contributed by atoms with Crippen molar-refractivity contribution in [3.05, 3.63) is 47.5 Å². The summed E-state index contributed by atoms with van der Waals surface area (Å²) < 4.78 is 6.82. The Morgan fingerprint density at radius 3 is 2.66 bits per heavy atom. The van der Waals surface area contributed by atoms with Crippen molar-refractivity contribution < 1.29 is 9.53 Å². The van der Waals surface area contributed by atoms with E-state index >= 15 is 0 Å². The molecule has 1 aromatic heterocycles. The normalized spacial score (nSPS) is 14.3. The Kier molecular flexibility index (Phi) is 5.58. The van der Waals surface area contributed by atoms with E-state index in [4.69, 9.17) is 9.72 Å². The van der Waals surface area contributed by atoms with Gasteiger partial charge in [-0.25, -0.2) is 9.78 Å². The number of amides is 2. The van der Waals surface area contributed by atoms with Gasteiger partial charge < -0.3 is 19.9 Å². The molecule has 4 rings (SSSR count). The summed E-state index contributed by atoms with van der Waals surface area (Å²) in [5.74, 6) is 0.696. The standard InChI is InChI=1S/C22H26N4O2S/c1-4-28-18-8-6-5-7-17(18)23-21(27)25-11-13-26(14-12-25)22-24-20-16(3)15(2)9-10-19(20)29-22/h5-10H,4,11-14H2,1-3H3,(H,23,27). The van der Waals surface area contributed by atoms with E-state index in [1.165, 1.54) is 15.8 Å². The first kappa shape index (κ1) is 19.5. The van der Waals surface area contributed by atoms with Crippen LogP contribution in [0.1, 0.15) is 18.1 Å². The lowest BCUT2D eigenvalue weighted by molar-refractivity contribution is 0.208. The van der Waals surface area contributed by atoms with Crippen LogP contribution < -0.4 is 15.0 Å². The molecule has 6 nitrogen and oxygen atoms in total. The maximum absolute atomic E-state index is 12.7. The van der Waals surface area contributed by atoms with Gasteiger partial charge in [0.15, 0.2) is 5.13 Å². The molecular weight excluding hydrogens is 384 g/mol. The zero-order chi connectivity index (χ0) is 20.4. The third-order valence-electron chi connectivity index (χ3n) is 5.34. The molecule has 0 unspecified atom stereocenters. The predicted molar refractivity (Wildman–Crippen MR) is 120 cm³/mol. The molecule has 152 valence electrons. The number of aryl methyl sites for hydroxylation is 2. The summed E-state index contributed by atoms with van der Waals surface area (Å²) in [5, 5.41) is 4.02. The van der Waals surface area contributed by atoms with Crippen molar-refractivity contribution in [2.75, 3.05) is 43.0 Å². The lowest BCUT2D eigenvalue weighted by Crippen LogP contribution is -2.50. The molecule has 29 heavy (non-hydrogen) atoms.